The fraction of sp³-hybridized carbons (Fsp3) is 0.471. The minimum absolute atomic E-state index is 0.0517. The predicted molar refractivity (Wildman–Crippen MR) is 82.8 cm³/mol. The molecule has 5 heteroatoms. The Balaban J connectivity index is 2.50. The quantitative estimate of drug-likeness (QED) is 0.816. The first-order valence-corrected chi connectivity index (χ1v) is 7.21. The van der Waals surface area contributed by atoms with Gasteiger partial charge >= 0.3 is 5.97 Å². The second-order valence-corrected chi connectivity index (χ2v) is 5.78. The van der Waals surface area contributed by atoms with Gasteiger partial charge in [0.1, 0.15) is 5.54 Å². The zero-order valence-corrected chi connectivity index (χ0v) is 13.5. The first-order valence-electron chi connectivity index (χ1n) is 7.21. The summed E-state index contributed by atoms with van der Waals surface area (Å²) in [5.74, 6) is -0.993. The molecule has 0 saturated heterocycles. The lowest BCUT2D eigenvalue weighted by molar-refractivity contribution is -0.148. The molecule has 0 bridgehead atoms. The smallest absolute Gasteiger partial charge is 0.310 e. The molecule has 0 saturated carbocycles. The van der Waals surface area contributed by atoms with E-state index in [9.17, 15) is 9.59 Å². The number of amides is 1. The molecular weight excluding hydrogens is 280 g/mol. The zero-order valence-electron chi connectivity index (χ0n) is 13.5. The van der Waals surface area contributed by atoms with Gasteiger partial charge in [0.2, 0.25) is 0 Å². The molecule has 1 amide bonds. The fourth-order valence-corrected chi connectivity index (χ4v) is 1.79. The summed E-state index contributed by atoms with van der Waals surface area (Å²) in [6, 6.07) is 9.58. The van der Waals surface area contributed by atoms with E-state index in [2.05, 4.69) is 11.4 Å². The van der Waals surface area contributed by atoms with E-state index in [1.54, 1.807) is 6.92 Å². The molecule has 5 nitrogen and oxygen atoms in total. The van der Waals surface area contributed by atoms with E-state index in [1.807, 2.05) is 45.0 Å². The molecule has 0 aromatic heterocycles. The van der Waals surface area contributed by atoms with Crippen LogP contribution in [0.1, 0.15) is 31.9 Å². The highest BCUT2D eigenvalue weighted by Crippen LogP contribution is 2.14. The van der Waals surface area contributed by atoms with Gasteiger partial charge in [0.25, 0.3) is 5.91 Å². The standard InChI is InChI=1S/C17H22N2O3/c1-12(2)17(4,11-18)19-15(20)10-22-16(21)9-14-8-6-5-7-13(14)3/h5-8,12H,9-10H2,1-4H3,(H,19,20)/t17-/m0/s1. The van der Waals surface area contributed by atoms with Crippen LogP contribution >= 0.6 is 0 Å². The molecule has 1 atom stereocenters. The molecule has 1 N–H and O–H groups in total. The molecule has 0 aliphatic rings. The monoisotopic (exact) mass is 302 g/mol. The molecular formula is C17H22N2O3. The molecule has 0 radical (unpaired) electrons. The molecule has 0 unspecified atom stereocenters. The second kappa shape index (κ2) is 7.60. The number of hydrogen-bond acceptors (Lipinski definition) is 4. The maximum absolute atomic E-state index is 11.8. The van der Waals surface area contributed by atoms with Crippen molar-refractivity contribution in [3.05, 3.63) is 35.4 Å². The summed E-state index contributed by atoms with van der Waals surface area (Å²) < 4.78 is 4.97. The van der Waals surface area contributed by atoms with Crippen molar-refractivity contribution in [2.24, 2.45) is 5.92 Å². The van der Waals surface area contributed by atoms with E-state index < -0.39 is 17.4 Å². The van der Waals surface area contributed by atoms with E-state index in [0.717, 1.165) is 11.1 Å². The third kappa shape index (κ3) is 4.88. The Morgan fingerprint density at radius 3 is 2.55 bits per heavy atom. The van der Waals surface area contributed by atoms with Gasteiger partial charge in [-0.15, -0.1) is 0 Å². The summed E-state index contributed by atoms with van der Waals surface area (Å²) >= 11 is 0. The van der Waals surface area contributed by atoms with Gasteiger partial charge in [0.15, 0.2) is 6.61 Å². The van der Waals surface area contributed by atoms with Gasteiger partial charge in [0, 0.05) is 0 Å². The summed E-state index contributed by atoms with van der Waals surface area (Å²) in [5.41, 5.74) is 0.900. The minimum atomic E-state index is -0.973. The van der Waals surface area contributed by atoms with Gasteiger partial charge in [-0.2, -0.15) is 5.26 Å². The molecule has 1 aromatic carbocycles. The van der Waals surface area contributed by atoms with Crippen LogP contribution in [0, 0.1) is 24.2 Å². The highest BCUT2D eigenvalue weighted by Gasteiger charge is 2.30. The Hall–Kier alpha value is -2.35. The van der Waals surface area contributed by atoms with Crippen LogP contribution in [0.15, 0.2) is 24.3 Å². The zero-order chi connectivity index (χ0) is 16.8. The highest BCUT2D eigenvalue weighted by molar-refractivity contribution is 5.82. The number of aryl methyl sites for hydroxylation is 1. The maximum Gasteiger partial charge on any atom is 0.310 e. The lowest BCUT2D eigenvalue weighted by Crippen LogP contribution is -2.50. The van der Waals surface area contributed by atoms with Crippen molar-refractivity contribution < 1.29 is 14.3 Å². The summed E-state index contributed by atoms with van der Waals surface area (Å²) in [5, 5.41) is 11.7. The molecule has 0 fully saturated rings. The van der Waals surface area contributed by atoms with Crippen LogP contribution in [-0.4, -0.2) is 24.0 Å². The van der Waals surface area contributed by atoms with Gasteiger partial charge < -0.3 is 10.1 Å². The highest BCUT2D eigenvalue weighted by atomic mass is 16.5. The number of nitrogens with one attached hydrogen (secondary N) is 1. The van der Waals surface area contributed by atoms with Crippen molar-refractivity contribution in [1.82, 2.24) is 5.32 Å². The number of benzene rings is 1. The van der Waals surface area contributed by atoms with Gasteiger partial charge in [0.05, 0.1) is 12.5 Å². The van der Waals surface area contributed by atoms with Crippen molar-refractivity contribution in [2.45, 2.75) is 39.7 Å². The number of carbonyl (C=O) groups excluding carboxylic acids is 2. The van der Waals surface area contributed by atoms with Gasteiger partial charge in [-0.1, -0.05) is 38.1 Å². The van der Waals surface area contributed by atoms with Gasteiger partial charge in [-0.05, 0) is 30.9 Å². The van der Waals surface area contributed by atoms with Crippen molar-refractivity contribution >= 4 is 11.9 Å². The molecule has 0 aliphatic heterocycles. The first-order chi connectivity index (χ1) is 10.3. The molecule has 0 heterocycles. The van der Waals surface area contributed by atoms with Crippen LogP contribution in [0.2, 0.25) is 0 Å². The summed E-state index contributed by atoms with van der Waals surface area (Å²) in [4.78, 5) is 23.6. The Bertz CT molecular complexity index is 590. The molecule has 1 rings (SSSR count). The number of nitriles is 1. The number of ether oxygens (including phenoxy) is 1. The summed E-state index contributed by atoms with van der Waals surface area (Å²) in [7, 11) is 0. The predicted octanol–water partition coefficient (Wildman–Crippen LogP) is 2.14. The third-order valence-electron chi connectivity index (χ3n) is 3.75. The minimum Gasteiger partial charge on any atom is -0.455 e. The largest absolute Gasteiger partial charge is 0.455 e. The second-order valence-electron chi connectivity index (χ2n) is 5.78. The van der Waals surface area contributed by atoms with Gasteiger partial charge in [-0.3, -0.25) is 9.59 Å². The molecule has 1 aromatic rings. The Kier molecular flexibility index (Phi) is 6.11. The lowest BCUT2D eigenvalue weighted by atomic mass is 9.90. The van der Waals surface area contributed by atoms with E-state index >= 15 is 0 Å². The number of esters is 1. The van der Waals surface area contributed by atoms with Crippen molar-refractivity contribution in [3.63, 3.8) is 0 Å². The summed E-state index contributed by atoms with van der Waals surface area (Å²) in [6.07, 6.45) is 0.125. The Labute approximate surface area is 131 Å². The van der Waals surface area contributed by atoms with Crippen LogP contribution < -0.4 is 5.32 Å². The van der Waals surface area contributed by atoms with E-state index in [1.165, 1.54) is 0 Å². The Morgan fingerprint density at radius 1 is 1.36 bits per heavy atom. The van der Waals surface area contributed by atoms with Crippen molar-refractivity contribution in [1.29, 1.82) is 5.26 Å². The molecule has 0 spiro atoms. The maximum atomic E-state index is 11.8. The Morgan fingerprint density at radius 2 is 2.00 bits per heavy atom. The number of nitrogens with zero attached hydrogens (tertiary/aromatic N) is 1. The average molecular weight is 302 g/mol. The lowest BCUT2D eigenvalue weighted by Gasteiger charge is -2.27. The van der Waals surface area contributed by atoms with Crippen LogP contribution in [0.5, 0.6) is 0 Å². The SMILES string of the molecule is Cc1ccccc1CC(=O)OCC(=O)N[C@@](C)(C#N)C(C)C. The third-order valence-corrected chi connectivity index (χ3v) is 3.75. The molecule has 118 valence electrons. The van der Waals surface area contributed by atoms with E-state index in [0.29, 0.717) is 0 Å². The van der Waals surface area contributed by atoms with Crippen LogP contribution in [-0.2, 0) is 20.7 Å². The normalized spacial score (nSPS) is 13.1. The first kappa shape index (κ1) is 17.7. The molecule has 0 aliphatic carbocycles. The van der Waals surface area contributed by atoms with Crippen LogP contribution in [0.3, 0.4) is 0 Å². The van der Waals surface area contributed by atoms with Crippen molar-refractivity contribution in [2.75, 3.05) is 6.61 Å². The number of carbonyl (C=O) groups is 2. The topological polar surface area (TPSA) is 79.2 Å². The number of rotatable bonds is 6. The van der Waals surface area contributed by atoms with E-state index in [4.69, 9.17) is 10.00 Å². The fourth-order valence-electron chi connectivity index (χ4n) is 1.79. The molecule has 22 heavy (non-hydrogen) atoms. The average Bonchev–Trinajstić information content (AvgIpc) is 2.47. The van der Waals surface area contributed by atoms with Crippen LogP contribution in [0.4, 0.5) is 0 Å². The van der Waals surface area contributed by atoms with Crippen molar-refractivity contribution in [3.8, 4) is 6.07 Å². The summed E-state index contributed by atoms with van der Waals surface area (Å²) in [6.45, 7) is 6.86. The van der Waals surface area contributed by atoms with E-state index in [-0.39, 0.29) is 18.9 Å². The van der Waals surface area contributed by atoms with Crippen LogP contribution in [0.25, 0.3) is 0 Å². The van der Waals surface area contributed by atoms with Gasteiger partial charge in [-0.25, -0.2) is 0 Å². The number of hydrogen-bond donors (Lipinski definition) is 1.